The Kier molecular flexibility index (Phi) is 3.93. The van der Waals surface area contributed by atoms with Gasteiger partial charge in [-0.1, -0.05) is 0 Å². The molecule has 6 heteroatoms. The summed E-state index contributed by atoms with van der Waals surface area (Å²) in [5, 5.41) is 13.9. The second-order valence-corrected chi connectivity index (χ2v) is 2.23. The van der Waals surface area contributed by atoms with Crippen LogP contribution in [0.15, 0.2) is 29.7 Å². The second kappa shape index (κ2) is 5.52. The van der Waals surface area contributed by atoms with Crippen LogP contribution in [0.4, 0.5) is 0 Å². The SMILES string of the molecule is C1=COCC=N1.O=C(O)c1ccn[nH]1. The van der Waals surface area contributed by atoms with E-state index in [2.05, 4.69) is 15.2 Å². The van der Waals surface area contributed by atoms with Gasteiger partial charge < -0.3 is 9.84 Å². The van der Waals surface area contributed by atoms with Gasteiger partial charge in [0.25, 0.3) is 0 Å². The molecule has 74 valence electrons. The Morgan fingerprint density at radius 2 is 2.50 bits per heavy atom. The van der Waals surface area contributed by atoms with Crippen molar-refractivity contribution in [3.05, 3.63) is 30.4 Å². The number of nitrogens with zero attached hydrogens (tertiary/aromatic N) is 2. The van der Waals surface area contributed by atoms with E-state index in [0.29, 0.717) is 6.61 Å². The molecule has 14 heavy (non-hydrogen) atoms. The summed E-state index contributed by atoms with van der Waals surface area (Å²) < 4.78 is 4.74. The molecule has 0 fully saturated rings. The van der Waals surface area contributed by atoms with Crippen LogP contribution < -0.4 is 0 Å². The molecule has 0 atom stereocenters. The Morgan fingerprint density at radius 3 is 2.71 bits per heavy atom. The van der Waals surface area contributed by atoms with E-state index < -0.39 is 5.97 Å². The summed E-state index contributed by atoms with van der Waals surface area (Å²) in [6.07, 6.45) is 6.28. The number of rotatable bonds is 1. The van der Waals surface area contributed by atoms with Crippen molar-refractivity contribution in [2.75, 3.05) is 6.61 Å². The van der Waals surface area contributed by atoms with Gasteiger partial charge in [-0.15, -0.1) is 0 Å². The third kappa shape index (κ3) is 3.53. The minimum absolute atomic E-state index is 0.116. The Balaban J connectivity index is 0.000000146. The van der Waals surface area contributed by atoms with E-state index in [9.17, 15) is 4.79 Å². The van der Waals surface area contributed by atoms with Crippen LogP contribution in [0.5, 0.6) is 0 Å². The number of hydrogen-bond donors (Lipinski definition) is 2. The largest absolute Gasteiger partial charge is 0.494 e. The molecular weight excluding hydrogens is 186 g/mol. The van der Waals surface area contributed by atoms with Crippen molar-refractivity contribution in [1.29, 1.82) is 0 Å². The van der Waals surface area contributed by atoms with Gasteiger partial charge in [0.2, 0.25) is 0 Å². The summed E-state index contributed by atoms with van der Waals surface area (Å²) in [5.74, 6) is -0.984. The van der Waals surface area contributed by atoms with Crippen LogP contribution in [0.25, 0.3) is 0 Å². The summed E-state index contributed by atoms with van der Waals surface area (Å²) in [4.78, 5) is 13.7. The highest BCUT2D eigenvalue weighted by Gasteiger charge is 1.99. The van der Waals surface area contributed by atoms with Crippen LogP contribution in [-0.2, 0) is 4.74 Å². The summed E-state index contributed by atoms with van der Waals surface area (Å²) in [7, 11) is 0. The average molecular weight is 195 g/mol. The molecule has 0 aliphatic carbocycles. The second-order valence-electron chi connectivity index (χ2n) is 2.23. The maximum Gasteiger partial charge on any atom is 0.353 e. The van der Waals surface area contributed by atoms with Gasteiger partial charge in [0.05, 0.1) is 6.20 Å². The van der Waals surface area contributed by atoms with Crippen molar-refractivity contribution in [3.8, 4) is 0 Å². The fraction of sp³-hybridized carbons (Fsp3) is 0.125. The number of aromatic carboxylic acids is 1. The number of aromatic nitrogens is 2. The first kappa shape index (κ1) is 9.97. The molecule has 2 rings (SSSR count). The molecule has 0 saturated heterocycles. The highest BCUT2D eigenvalue weighted by molar-refractivity contribution is 5.84. The van der Waals surface area contributed by atoms with Crippen molar-refractivity contribution in [3.63, 3.8) is 0 Å². The van der Waals surface area contributed by atoms with E-state index in [1.165, 1.54) is 12.3 Å². The molecule has 0 amide bonds. The molecule has 2 heterocycles. The molecule has 2 N–H and O–H groups in total. The fourth-order valence-electron chi connectivity index (χ4n) is 0.656. The van der Waals surface area contributed by atoms with Crippen LogP contribution >= 0.6 is 0 Å². The number of nitrogens with one attached hydrogen (secondary N) is 1. The van der Waals surface area contributed by atoms with E-state index in [1.807, 2.05) is 0 Å². The lowest BCUT2D eigenvalue weighted by Crippen LogP contribution is -1.95. The van der Waals surface area contributed by atoms with Gasteiger partial charge in [-0.05, 0) is 6.07 Å². The first-order chi connectivity index (χ1) is 6.80. The van der Waals surface area contributed by atoms with Gasteiger partial charge >= 0.3 is 5.97 Å². The van der Waals surface area contributed by atoms with Gasteiger partial charge in [-0.2, -0.15) is 5.10 Å². The Labute approximate surface area is 79.9 Å². The number of aliphatic imine (C=N–C) groups is 1. The standard InChI is InChI=1S/C4H4N2O2.C4H5NO/c7-4(8)3-1-2-5-6-3;1-3-6-4-2-5-1/h1-2H,(H,5,6)(H,7,8);1-3H,4H2. The van der Waals surface area contributed by atoms with Crippen molar-refractivity contribution >= 4 is 12.2 Å². The average Bonchev–Trinajstić information content (AvgIpc) is 2.74. The van der Waals surface area contributed by atoms with Crippen LogP contribution in [-0.4, -0.2) is 34.1 Å². The number of carbonyl (C=O) groups is 1. The Bertz CT molecular complexity index is 318. The van der Waals surface area contributed by atoms with E-state index in [1.54, 1.807) is 18.7 Å². The number of aromatic amines is 1. The van der Waals surface area contributed by atoms with Gasteiger partial charge in [0.15, 0.2) is 0 Å². The molecule has 0 unspecified atom stereocenters. The fourth-order valence-corrected chi connectivity index (χ4v) is 0.656. The predicted octanol–water partition coefficient (Wildman–Crippen LogP) is 0.666. The zero-order valence-electron chi connectivity index (χ0n) is 7.25. The first-order valence-electron chi connectivity index (χ1n) is 3.81. The number of ether oxygens (including phenoxy) is 1. The molecule has 0 radical (unpaired) electrons. The molecule has 0 bridgehead atoms. The number of carboxylic acid groups (broad SMARTS) is 1. The maximum atomic E-state index is 9.99. The lowest BCUT2D eigenvalue weighted by molar-refractivity contribution is 0.0690. The number of carboxylic acids is 1. The smallest absolute Gasteiger partial charge is 0.353 e. The molecular formula is C8H9N3O3. The Morgan fingerprint density at radius 1 is 1.64 bits per heavy atom. The zero-order chi connectivity index (χ0) is 10.2. The highest BCUT2D eigenvalue weighted by atomic mass is 16.5. The third-order valence-corrected chi connectivity index (χ3v) is 1.25. The maximum absolute atomic E-state index is 9.99. The predicted molar refractivity (Wildman–Crippen MR) is 49.1 cm³/mol. The quantitative estimate of drug-likeness (QED) is 0.689. The van der Waals surface area contributed by atoms with Crippen molar-refractivity contribution in [1.82, 2.24) is 10.2 Å². The molecule has 1 aromatic heterocycles. The van der Waals surface area contributed by atoms with Crippen LogP contribution in [0.2, 0.25) is 0 Å². The van der Waals surface area contributed by atoms with E-state index in [4.69, 9.17) is 9.84 Å². The molecule has 1 aromatic rings. The van der Waals surface area contributed by atoms with Crippen molar-refractivity contribution < 1.29 is 14.6 Å². The molecule has 6 nitrogen and oxygen atoms in total. The lowest BCUT2D eigenvalue weighted by atomic mass is 10.5. The van der Waals surface area contributed by atoms with E-state index in [-0.39, 0.29) is 5.69 Å². The van der Waals surface area contributed by atoms with Crippen LogP contribution in [0.3, 0.4) is 0 Å². The van der Waals surface area contributed by atoms with Gasteiger partial charge in [-0.3, -0.25) is 10.1 Å². The topological polar surface area (TPSA) is 87.6 Å². The number of H-pyrrole nitrogens is 1. The zero-order valence-corrected chi connectivity index (χ0v) is 7.25. The number of hydrogen-bond acceptors (Lipinski definition) is 4. The monoisotopic (exact) mass is 195 g/mol. The Hall–Kier alpha value is -2.11. The molecule has 0 spiro atoms. The first-order valence-corrected chi connectivity index (χ1v) is 3.81. The third-order valence-electron chi connectivity index (χ3n) is 1.25. The van der Waals surface area contributed by atoms with Crippen molar-refractivity contribution in [2.24, 2.45) is 4.99 Å². The molecule has 0 aromatic carbocycles. The molecule has 0 saturated carbocycles. The summed E-state index contributed by atoms with van der Waals surface area (Å²) in [6, 6.07) is 1.39. The summed E-state index contributed by atoms with van der Waals surface area (Å²) >= 11 is 0. The lowest BCUT2D eigenvalue weighted by Gasteiger charge is -1.94. The van der Waals surface area contributed by atoms with E-state index >= 15 is 0 Å². The minimum atomic E-state index is -0.984. The summed E-state index contributed by atoms with van der Waals surface area (Å²) in [6.45, 7) is 0.622. The van der Waals surface area contributed by atoms with Gasteiger partial charge in [0, 0.05) is 12.4 Å². The molecule has 1 aliphatic rings. The molecule has 1 aliphatic heterocycles. The minimum Gasteiger partial charge on any atom is -0.494 e. The normalized spacial score (nSPS) is 12.6. The van der Waals surface area contributed by atoms with Gasteiger partial charge in [0.1, 0.15) is 18.6 Å². The highest BCUT2D eigenvalue weighted by Crippen LogP contribution is 1.88. The van der Waals surface area contributed by atoms with E-state index in [0.717, 1.165) is 0 Å². The van der Waals surface area contributed by atoms with Crippen molar-refractivity contribution in [2.45, 2.75) is 0 Å². The van der Waals surface area contributed by atoms with Gasteiger partial charge in [-0.25, -0.2) is 4.79 Å². The summed E-state index contributed by atoms with van der Waals surface area (Å²) in [5.41, 5.74) is 0.116. The van der Waals surface area contributed by atoms with Crippen LogP contribution in [0.1, 0.15) is 10.5 Å². The van der Waals surface area contributed by atoms with Crippen LogP contribution in [0, 0.1) is 0 Å².